The molecular formula is C13H16O5. The summed E-state index contributed by atoms with van der Waals surface area (Å²) in [4.78, 5) is 11.3. The second-order valence-electron chi connectivity index (χ2n) is 4.43. The molecule has 98 valence electrons. The molecule has 0 radical (unpaired) electrons. The third-order valence-corrected chi connectivity index (χ3v) is 3.23. The zero-order valence-electron chi connectivity index (χ0n) is 10.4. The van der Waals surface area contributed by atoms with Gasteiger partial charge in [0.15, 0.2) is 0 Å². The van der Waals surface area contributed by atoms with E-state index in [1.807, 2.05) is 6.07 Å². The van der Waals surface area contributed by atoms with E-state index in [0.29, 0.717) is 17.9 Å². The van der Waals surface area contributed by atoms with E-state index < -0.39 is 11.4 Å². The molecule has 18 heavy (non-hydrogen) atoms. The van der Waals surface area contributed by atoms with Gasteiger partial charge < -0.3 is 19.3 Å². The van der Waals surface area contributed by atoms with Crippen molar-refractivity contribution in [2.75, 3.05) is 27.4 Å². The number of hydrogen-bond acceptors (Lipinski definition) is 4. The highest BCUT2D eigenvalue weighted by molar-refractivity contribution is 5.76. The van der Waals surface area contributed by atoms with E-state index in [9.17, 15) is 9.90 Å². The van der Waals surface area contributed by atoms with Gasteiger partial charge in [-0.05, 0) is 30.2 Å². The van der Waals surface area contributed by atoms with Crippen molar-refractivity contribution < 1.29 is 24.1 Å². The molecule has 1 fully saturated rings. The molecule has 1 aliphatic heterocycles. The van der Waals surface area contributed by atoms with Crippen LogP contribution in [0.2, 0.25) is 0 Å². The van der Waals surface area contributed by atoms with E-state index in [-0.39, 0.29) is 13.2 Å². The maximum Gasteiger partial charge on any atom is 0.314 e. The minimum atomic E-state index is -0.835. The first kappa shape index (κ1) is 12.7. The van der Waals surface area contributed by atoms with Crippen molar-refractivity contribution >= 4 is 5.97 Å². The van der Waals surface area contributed by atoms with Crippen LogP contribution in [0, 0.1) is 5.41 Å². The Labute approximate surface area is 105 Å². The number of carbonyl (C=O) groups is 1. The lowest BCUT2D eigenvalue weighted by atomic mass is 9.79. The van der Waals surface area contributed by atoms with E-state index in [0.717, 1.165) is 5.56 Å². The fraction of sp³-hybridized carbons (Fsp3) is 0.462. The molecule has 1 N–H and O–H groups in total. The normalized spacial score (nSPS) is 16.8. The van der Waals surface area contributed by atoms with Crippen molar-refractivity contribution in [3.8, 4) is 11.5 Å². The lowest BCUT2D eigenvalue weighted by molar-refractivity contribution is -0.179. The van der Waals surface area contributed by atoms with Gasteiger partial charge in [0, 0.05) is 0 Å². The summed E-state index contributed by atoms with van der Waals surface area (Å²) < 4.78 is 15.4. The summed E-state index contributed by atoms with van der Waals surface area (Å²) in [6, 6.07) is 5.37. The standard InChI is InChI=1S/C13H16O5/c1-16-10-3-4-11(17-2)9(5-10)6-13(12(14)15)7-18-8-13/h3-5H,6-8H2,1-2H3,(H,14,15). The highest BCUT2D eigenvalue weighted by Gasteiger charge is 2.46. The van der Waals surface area contributed by atoms with Crippen LogP contribution in [-0.4, -0.2) is 38.5 Å². The van der Waals surface area contributed by atoms with Gasteiger partial charge in [-0.15, -0.1) is 0 Å². The van der Waals surface area contributed by atoms with Gasteiger partial charge in [0.05, 0.1) is 27.4 Å². The molecule has 1 aromatic rings. The fourth-order valence-corrected chi connectivity index (χ4v) is 2.03. The van der Waals surface area contributed by atoms with Crippen LogP contribution in [0.1, 0.15) is 5.56 Å². The molecule has 0 aliphatic carbocycles. The average Bonchev–Trinajstić information content (AvgIpc) is 2.32. The van der Waals surface area contributed by atoms with Crippen LogP contribution in [0.15, 0.2) is 18.2 Å². The van der Waals surface area contributed by atoms with E-state index in [1.165, 1.54) is 0 Å². The first-order valence-electron chi connectivity index (χ1n) is 5.63. The minimum absolute atomic E-state index is 0.239. The summed E-state index contributed by atoms with van der Waals surface area (Å²) in [5.41, 5.74) is -0.0119. The first-order valence-corrected chi connectivity index (χ1v) is 5.63. The Morgan fingerprint density at radius 1 is 1.39 bits per heavy atom. The van der Waals surface area contributed by atoms with Crippen LogP contribution in [0.4, 0.5) is 0 Å². The van der Waals surface area contributed by atoms with E-state index in [4.69, 9.17) is 14.2 Å². The Morgan fingerprint density at radius 3 is 2.56 bits per heavy atom. The molecule has 0 amide bonds. The molecule has 0 atom stereocenters. The van der Waals surface area contributed by atoms with E-state index >= 15 is 0 Å². The molecule has 0 bridgehead atoms. The molecule has 0 aromatic heterocycles. The summed E-state index contributed by atoms with van der Waals surface area (Å²) in [6.07, 6.45) is 0.378. The predicted molar refractivity (Wildman–Crippen MR) is 64.1 cm³/mol. The molecule has 0 saturated carbocycles. The lowest BCUT2D eigenvalue weighted by Crippen LogP contribution is -2.50. The van der Waals surface area contributed by atoms with Crippen molar-refractivity contribution in [1.82, 2.24) is 0 Å². The molecular weight excluding hydrogens is 236 g/mol. The summed E-state index contributed by atoms with van der Waals surface area (Å²) in [5.74, 6) is 0.522. The Hall–Kier alpha value is -1.75. The van der Waals surface area contributed by atoms with Crippen LogP contribution in [0.5, 0.6) is 11.5 Å². The maximum atomic E-state index is 11.3. The van der Waals surface area contributed by atoms with Gasteiger partial charge in [-0.3, -0.25) is 4.79 Å². The highest BCUT2D eigenvalue weighted by Crippen LogP contribution is 2.36. The summed E-state index contributed by atoms with van der Waals surface area (Å²) in [7, 11) is 3.14. The SMILES string of the molecule is COc1ccc(OC)c(CC2(C(=O)O)COC2)c1. The number of carboxylic acids is 1. The smallest absolute Gasteiger partial charge is 0.314 e. The molecule has 0 spiro atoms. The van der Waals surface area contributed by atoms with Gasteiger partial charge in [0.25, 0.3) is 0 Å². The summed E-state index contributed by atoms with van der Waals surface area (Å²) >= 11 is 0. The van der Waals surface area contributed by atoms with Crippen molar-refractivity contribution in [3.05, 3.63) is 23.8 Å². The minimum Gasteiger partial charge on any atom is -0.497 e. The molecule has 1 saturated heterocycles. The van der Waals surface area contributed by atoms with Gasteiger partial charge in [0.2, 0.25) is 0 Å². The van der Waals surface area contributed by atoms with E-state index in [2.05, 4.69) is 0 Å². The van der Waals surface area contributed by atoms with Gasteiger partial charge >= 0.3 is 5.97 Å². The Morgan fingerprint density at radius 2 is 2.11 bits per heavy atom. The van der Waals surface area contributed by atoms with Gasteiger partial charge in [-0.1, -0.05) is 0 Å². The Bertz CT molecular complexity index is 451. The monoisotopic (exact) mass is 252 g/mol. The Kier molecular flexibility index (Phi) is 3.43. The molecule has 2 rings (SSSR count). The zero-order valence-corrected chi connectivity index (χ0v) is 10.4. The number of methoxy groups -OCH3 is 2. The number of rotatable bonds is 5. The van der Waals surface area contributed by atoms with Crippen LogP contribution in [0.25, 0.3) is 0 Å². The third kappa shape index (κ3) is 2.13. The Balaban J connectivity index is 2.29. The zero-order chi connectivity index (χ0) is 13.2. The molecule has 1 aliphatic rings. The van der Waals surface area contributed by atoms with Gasteiger partial charge in [-0.2, -0.15) is 0 Å². The van der Waals surface area contributed by atoms with Crippen molar-refractivity contribution in [2.24, 2.45) is 5.41 Å². The number of carboxylic acid groups (broad SMARTS) is 1. The number of ether oxygens (including phenoxy) is 3. The second kappa shape index (κ2) is 4.86. The second-order valence-corrected chi connectivity index (χ2v) is 4.43. The molecule has 0 unspecified atom stereocenters. The largest absolute Gasteiger partial charge is 0.497 e. The molecule has 1 heterocycles. The number of hydrogen-bond donors (Lipinski definition) is 1. The number of aliphatic carboxylic acids is 1. The molecule has 1 aromatic carbocycles. The first-order chi connectivity index (χ1) is 8.61. The highest BCUT2D eigenvalue weighted by atomic mass is 16.5. The maximum absolute atomic E-state index is 11.3. The van der Waals surface area contributed by atoms with Crippen LogP contribution in [0.3, 0.4) is 0 Å². The third-order valence-electron chi connectivity index (χ3n) is 3.23. The van der Waals surface area contributed by atoms with Crippen molar-refractivity contribution in [2.45, 2.75) is 6.42 Å². The van der Waals surface area contributed by atoms with Crippen LogP contribution in [-0.2, 0) is 16.0 Å². The lowest BCUT2D eigenvalue weighted by Gasteiger charge is -2.37. The fourth-order valence-electron chi connectivity index (χ4n) is 2.03. The van der Waals surface area contributed by atoms with Crippen molar-refractivity contribution in [1.29, 1.82) is 0 Å². The van der Waals surface area contributed by atoms with Crippen LogP contribution < -0.4 is 9.47 Å². The molecule has 5 nitrogen and oxygen atoms in total. The topological polar surface area (TPSA) is 65.0 Å². The summed E-state index contributed by atoms with van der Waals surface area (Å²) in [6.45, 7) is 0.478. The number of benzene rings is 1. The molecule has 5 heteroatoms. The van der Waals surface area contributed by atoms with Gasteiger partial charge in [-0.25, -0.2) is 0 Å². The van der Waals surface area contributed by atoms with E-state index in [1.54, 1.807) is 26.4 Å². The van der Waals surface area contributed by atoms with Gasteiger partial charge in [0.1, 0.15) is 16.9 Å². The van der Waals surface area contributed by atoms with Crippen LogP contribution >= 0.6 is 0 Å². The quantitative estimate of drug-likeness (QED) is 0.856. The average molecular weight is 252 g/mol. The predicted octanol–water partition coefficient (Wildman–Crippen LogP) is 1.35. The summed E-state index contributed by atoms with van der Waals surface area (Å²) in [5, 5.41) is 9.28. The van der Waals surface area contributed by atoms with Crippen molar-refractivity contribution in [3.63, 3.8) is 0 Å².